The van der Waals surface area contributed by atoms with E-state index in [4.69, 9.17) is 10.5 Å². The van der Waals surface area contributed by atoms with Gasteiger partial charge in [-0.1, -0.05) is 0 Å². The van der Waals surface area contributed by atoms with E-state index in [1.807, 2.05) is 30.7 Å². The number of ether oxygens (including phenoxy) is 1. The van der Waals surface area contributed by atoms with Crippen LogP contribution in [-0.2, 0) is 12.3 Å². The fourth-order valence-electron chi connectivity index (χ4n) is 1.67. The molecule has 1 aromatic heterocycles. The van der Waals surface area contributed by atoms with Gasteiger partial charge in [-0.15, -0.1) is 11.8 Å². The van der Waals surface area contributed by atoms with E-state index >= 15 is 0 Å². The number of thioether (sulfide) groups is 1. The van der Waals surface area contributed by atoms with Crippen LogP contribution in [0.15, 0.2) is 35.6 Å². The molecule has 96 valence electrons. The molecular weight excluding hydrogens is 246 g/mol. The van der Waals surface area contributed by atoms with Crippen molar-refractivity contribution in [2.45, 2.75) is 24.1 Å². The second kappa shape index (κ2) is 5.82. The van der Waals surface area contributed by atoms with Crippen LogP contribution >= 0.6 is 11.8 Å². The first kappa shape index (κ1) is 12.8. The fourth-order valence-corrected chi connectivity index (χ4v) is 2.65. The highest BCUT2D eigenvalue weighted by Crippen LogP contribution is 2.31. The van der Waals surface area contributed by atoms with Gasteiger partial charge in [-0.05, 0) is 25.1 Å². The zero-order valence-electron chi connectivity index (χ0n) is 10.6. The normalized spacial score (nSPS) is 10.6. The maximum atomic E-state index is 5.96. The number of nitrogen functional groups attached to an aromatic ring is 1. The Morgan fingerprint density at radius 1 is 1.44 bits per heavy atom. The zero-order valence-corrected chi connectivity index (χ0v) is 11.4. The van der Waals surface area contributed by atoms with Crippen LogP contribution in [-0.4, -0.2) is 16.7 Å². The Hall–Kier alpha value is -1.62. The van der Waals surface area contributed by atoms with Gasteiger partial charge in [-0.25, -0.2) is 4.98 Å². The van der Waals surface area contributed by atoms with Crippen molar-refractivity contribution in [2.75, 3.05) is 12.8 Å². The van der Waals surface area contributed by atoms with E-state index in [0.717, 1.165) is 28.6 Å². The number of nitrogens with zero attached hydrogens (tertiary/aromatic N) is 2. The first-order valence-corrected chi connectivity index (χ1v) is 6.78. The van der Waals surface area contributed by atoms with Crippen LogP contribution in [0.4, 0.5) is 5.69 Å². The van der Waals surface area contributed by atoms with E-state index in [1.54, 1.807) is 18.9 Å². The first-order chi connectivity index (χ1) is 8.74. The summed E-state index contributed by atoms with van der Waals surface area (Å²) in [5.74, 6) is 1.68. The molecule has 2 rings (SSSR count). The predicted molar refractivity (Wildman–Crippen MR) is 74.9 cm³/mol. The Morgan fingerprint density at radius 2 is 2.28 bits per heavy atom. The molecule has 0 amide bonds. The number of benzene rings is 1. The van der Waals surface area contributed by atoms with Crippen molar-refractivity contribution in [1.82, 2.24) is 9.55 Å². The molecular formula is C13H17N3OS. The van der Waals surface area contributed by atoms with Crippen LogP contribution in [0.3, 0.4) is 0 Å². The van der Waals surface area contributed by atoms with E-state index in [0.29, 0.717) is 0 Å². The number of hydrogen-bond acceptors (Lipinski definition) is 4. The smallest absolute Gasteiger partial charge is 0.120 e. The maximum absolute atomic E-state index is 5.96. The number of aromatic nitrogens is 2. The van der Waals surface area contributed by atoms with Crippen molar-refractivity contribution >= 4 is 17.4 Å². The molecule has 0 radical (unpaired) electrons. The molecule has 5 heteroatoms. The zero-order chi connectivity index (χ0) is 13.0. The third kappa shape index (κ3) is 2.79. The van der Waals surface area contributed by atoms with Crippen LogP contribution in [0, 0.1) is 0 Å². The summed E-state index contributed by atoms with van der Waals surface area (Å²) in [7, 11) is 1.66. The van der Waals surface area contributed by atoms with Crippen molar-refractivity contribution in [1.29, 1.82) is 0 Å². The SMILES string of the molecule is CCn1cncc1CSc1cc(OC)ccc1N. The molecule has 0 unspecified atom stereocenters. The van der Waals surface area contributed by atoms with Crippen molar-refractivity contribution in [3.8, 4) is 5.75 Å². The Labute approximate surface area is 111 Å². The number of imidazole rings is 1. The number of hydrogen-bond donors (Lipinski definition) is 1. The molecule has 18 heavy (non-hydrogen) atoms. The summed E-state index contributed by atoms with van der Waals surface area (Å²) in [4.78, 5) is 5.20. The lowest BCUT2D eigenvalue weighted by molar-refractivity contribution is 0.414. The predicted octanol–water partition coefficient (Wildman–Crippen LogP) is 2.79. The minimum absolute atomic E-state index is 0.781. The fraction of sp³-hybridized carbons (Fsp3) is 0.308. The Morgan fingerprint density at radius 3 is 3.00 bits per heavy atom. The minimum atomic E-state index is 0.781. The Balaban J connectivity index is 2.10. The highest BCUT2D eigenvalue weighted by molar-refractivity contribution is 7.98. The lowest BCUT2D eigenvalue weighted by atomic mass is 10.3. The van der Waals surface area contributed by atoms with E-state index in [-0.39, 0.29) is 0 Å². The molecule has 1 aromatic carbocycles. The van der Waals surface area contributed by atoms with Gasteiger partial charge < -0.3 is 15.0 Å². The van der Waals surface area contributed by atoms with Crippen molar-refractivity contribution < 1.29 is 4.74 Å². The van der Waals surface area contributed by atoms with Crippen molar-refractivity contribution in [3.63, 3.8) is 0 Å². The molecule has 0 saturated carbocycles. The molecule has 2 aromatic rings. The van der Waals surface area contributed by atoms with Crippen molar-refractivity contribution in [3.05, 3.63) is 36.4 Å². The van der Waals surface area contributed by atoms with Crippen LogP contribution in [0.25, 0.3) is 0 Å². The number of methoxy groups -OCH3 is 1. The van der Waals surface area contributed by atoms with Gasteiger partial charge in [0.25, 0.3) is 0 Å². The average Bonchev–Trinajstić information content (AvgIpc) is 2.85. The summed E-state index contributed by atoms with van der Waals surface area (Å²) in [6.45, 7) is 3.04. The van der Waals surface area contributed by atoms with Gasteiger partial charge in [-0.2, -0.15) is 0 Å². The summed E-state index contributed by atoms with van der Waals surface area (Å²) in [5.41, 5.74) is 7.94. The molecule has 2 N–H and O–H groups in total. The molecule has 0 aliphatic carbocycles. The van der Waals surface area contributed by atoms with Crippen LogP contribution in [0.5, 0.6) is 5.75 Å². The molecule has 0 aliphatic heterocycles. The van der Waals surface area contributed by atoms with E-state index in [2.05, 4.69) is 16.5 Å². The molecule has 0 atom stereocenters. The summed E-state index contributed by atoms with van der Waals surface area (Å²) in [6.07, 6.45) is 3.75. The third-order valence-corrected chi connectivity index (χ3v) is 3.84. The molecule has 0 fully saturated rings. The average molecular weight is 263 g/mol. The topological polar surface area (TPSA) is 53.1 Å². The van der Waals surface area contributed by atoms with Gasteiger partial charge in [0.15, 0.2) is 0 Å². The minimum Gasteiger partial charge on any atom is -0.497 e. The first-order valence-electron chi connectivity index (χ1n) is 5.80. The number of rotatable bonds is 5. The van der Waals surface area contributed by atoms with Crippen molar-refractivity contribution in [2.24, 2.45) is 0 Å². The second-order valence-corrected chi connectivity index (χ2v) is 4.88. The standard InChI is InChI=1S/C13H17N3OS/c1-3-16-9-15-7-10(16)8-18-13-6-11(17-2)4-5-12(13)14/h4-7,9H,3,8,14H2,1-2H3. The summed E-state index contributed by atoms with van der Waals surface area (Å²) >= 11 is 1.70. The summed E-state index contributed by atoms with van der Waals surface area (Å²) in [5, 5.41) is 0. The molecule has 4 nitrogen and oxygen atoms in total. The van der Waals surface area contributed by atoms with E-state index in [9.17, 15) is 0 Å². The molecule has 0 saturated heterocycles. The number of aryl methyl sites for hydroxylation is 1. The quantitative estimate of drug-likeness (QED) is 0.665. The highest BCUT2D eigenvalue weighted by atomic mass is 32.2. The lowest BCUT2D eigenvalue weighted by Crippen LogP contribution is -1.97. The van der Waals surface area contributed by atoms with Gasteiger partial charge in [0.1, 0.15) is 5.75 Å². The second-order valence-electron chi connectivity index (χ2n) is 3.86. The monoisotopic (exact) mass is 263 g/mol. The van der Waals surface area contributed by atoms with Gasteiger partial charge in [0, 0.05) is 34.8 Å². The number of nitrogens with two attached hydrogens (primary N) is 1. The maximum Gasteiger partial charge on any atom is 0.120 e. The van der Waals surface area contributed by atoms with Gasteiger partial charge in [0.05, 0.1) is 13.4 Å². The van der Waals surface area contributed by atoms with Gasteiger partial charge >= 0.3 is 0 Å². The molecule has 1 heterocycles. The van der Waals surface area contributed by atoms with Crippen LogP contribution < -0.4 is 10.5 Å². The Kier molecular flexibility index (Phi) is 4.15. The molecule has 0 bridgehead atoms. The summed E-state index contributed by atoms with van der Waals surface area (Å²) in [6, 6.07) is 5.71. The third-order valence-electron chi connectivity index (χ3n) is 2.74. The Bertz CT molecular complexity index is 525. The summed E-state index contributed by atoms with van der Waals surface area (Å²) < 4.78 is 7.33. The van der Waals surface area contributed by atoms with Crippen LogP contribution in [0.2, 0.25) is 0 Å². The van der Waals surface area contributed by atoms with E-state index in [1.165, 1.54) is 5.69 Å². The van der Waals surface area contributed by atoms with Gasteiger partial charge in [-0.3, -0.25) is 0 Å². The van der Waals surface area contributed by atoms with E-state index < -0.39 is 0 Å². The largest absolute Gasteiger partial charge is 0.497 e. The highest BCUT2D eigenvalue weighted by Gasteiger charge is 2.05. The van der Waals surface area contributed by atoms with Crippen LogP contribution in [0.1, 0.15) is 12.6 Å². The molecule has 0 spiro atoms. The lowest BCUT2D eigenvalue weighted by Gasteiger charge is -2.08. The van der Waals surface area contributed by atoms with Gasteiger partial charge in [0.2, 0.25) is 0 Å². The number of anilines is 1. The molecule has 0 aliphatic rings.